The zero-order valence-electron chi connectivity index (χ0n) is 3.26. The molecular formula is C2H6BFO2. The molecule has 0 bridgehead atoms. The van der Waals surface area contributed by atoms with Gasteiger partial charge in [-0.15, -0.1) is 0 Å². The molecule has 0 aliphatic carbocycles. The molecule has 0 rings (SSSR count). The molecule has 0 spiro atoms. The van der Waals surface area contributed by atoms with Crippen molar-refractivity contribution in [3.8, 4) is 0 Å². The quantitative estimate of drug-likeness (QED) is 0.447. The summed E-state index contributed by atoms with van der Waals surface area (Å²) in [7, 11) is -1.48. The smallest absolute Gasteiger partial charge is 0.427 e. The third-order valence-electron chi connectivity index (χ3n) is 0.367. The summed E-state index contributed by atoms with van der Waals surface area (Å²) in [6.45, 7) is -0.669. The van der Waals surface area contributed by atoms with Crippen LogP contribution in [0.25, 0.3) is 0 Å². The van der Waals surface area contributed by atoms with Crippen LogP contribution in [0.5, 0.6) is 0 Å². The molecule has 0 atom stereocenters. The Morgan fingerprint density at radius 2 is 2.00 bits per heavy atom. The van der Waals surface area contributed by atoms with Crippen LogP contribution in [0, 0.1) is 0 Å². The predicted octanol–water partition coefficient (Wildman–Crippen LogP) is -0.571. The van der Waals surface area contributed by atoms with Crippen molar-refractivity contribution < 1.29 is 14.4 Å². The van der Waals surface area contributed by atoms with Crippen LogP contribution in [0.1, 0.15) is 0 Å². The highest BCUT2D eigenvalue weighted by atomic mass is 19.1. The highest BCUT2D eigenvalue weighted by Gasteiger charge is 2.02. The molecule has 0 unspecified atom stereocenters. The van der Waals surface area contributed by atoms with Crippen LogP contribution in [0.2, 0.25) is 6.32 Å². The van der Waals surface area contributed by atoms with Gasteiger partial charge < -0.3 is 10.0 Å². The lowest BCUT2D eigenvalue weighted by Gasteiger charge is -1.85. The van der Waals surface area contributed by atoms with Gasteiger partial charge in [-0.2, -0.15) is 0 Å². The molecular weight excluding hydrogens is 85.8 g/mol. The fourth-order valence-electron chi connectivity index (χ4n) is 0.0976. The first-order chi connectivity index (χ1) is 2.77. The molecule has 0 heterocycles. The van der Waals surface area contributed by atoms with E-state index in [9.17, 15) is 4.39 Å². The molecule has 0 aliphatic rings. The monoisotopic (exact) mass is 92.0 g/mol. The summed E-state index contributed by atoms with van der Waals surface area (Å²) in [5.74, 6) is 0. The van der Waals surface area contributed by atoms with Crippen molar-refractivity contribution in [3.05, 3.63) is 0 Å². The summed E-state index contributed by atoms with van der Waals surface area (Å²) >= 11 is 0. The Balaban J connectivity index is 2.63. The Bertz CT molecular complexity index is 32.7. The van der Waals surface area contributed by atoms with Gasteiger partial charge in [0.15, 0.2) is 0 Å². The van der Waals surface area contributed by atoms with E-state index in [4.69, 9.17) is 10.0 Å². The molecule has 0 radical (unpaired) electrons. The van der Waals surface area contributed by atoms with Gasteiger partial charge in [0, 0.05) is 6.32 Å². The van der Waals surface area contributed by atoms with Crippen LogP contribution in [-0.4, -0.2) is 23.8 Å². The van der Waals surface area contributed by atoms with Gasteiger partial charge in [0.05, 0.1) is 6.67 Å². The lowest BCUT2D eigenvalue weighted by Crippen LogP contribution is -2.10. The zero-order valence-corrected chi connectivity index (χ0v) is 3.26. The fourth-order valence-corrected chi connectivity index (χ4v) is 0.0976. The Kier molecular flexibility index (Phi) is 3.07. The first kappa shape index (κ1) is 5.91. The summed E-state index contributed by atoms with van der Waals surface area (Å²) in [6, 6.07) is 0. The molecule has 6 heavy (non-hydrogen) atoms. The first-order valence-electron chi connectivity index (χ1n) is 1.69. The van der Waals surface area contributed by atoms with Gasteiger partial charge in [-0.05, 0) is 0 Å². The maximum atomic E-state index is 10.9. The molecule has 36 valence electrons. The topological polar surface area (TPSA) is 40.5 Å². The average molecular weight is 91.9 g/mol. The SMILES string of the molecule is OB(O)CCF. The van der Waals surface area contributed by atoms with E-state index in [0.717, 1.165) is 0 Å². The summed E-state index contributed by atoms with van der Waals surface area (Å²) in [5.41, 5.74) is 0. The molecule has 0 aromatic heterocycles. The van der Waals surface area contributed by atoms with E-state index in [1.807, 2.05) is 0 Å². The fraction of sp³-hybridized carbons (Fsp3) is 1.00. The van der Waals surface area contributed by atoms with E-state index < -0.39 is 13.8 Å². The van der Waals surface area contributed by atoms with Crippen LogP contribution in [0.3, 0.4) is 0 Å². The normalized spacial score (nSPS) is 8.50. The van der Waals surface area contributed by atoms with Crippen molar-refractivity contribution in [2.75, 3.05) is 6.67 Å². The lowest BCUT2D eigenvalue weighted by atomic mass is 9.88. The zero-order chi connectivity index (χ0) is 4.99. The van der Waals surface area contributed by atoms with Crippen LogP contribution in [0.15, 0.2) is 0 Å². The molecule has 0 aromatic rings. The van der Waals surface area contributed by atoms with E-state index >= 15 is 0 Å². The van der Waals surface area contributed by atoms with E-state index in [-0.39, 0.29) is 6.32 Å². The molecule has 2 N–H and O–H groups in total. The number of hydrogen-bond donors (Lipinski definition) is 2. The van der Waals surface area contributed by atoms with Gasteiger partial charge in [-0.25, -0.2) is 0 Å². The largest absolute Gasteiger partial charge is 0.454 e. The average Bonchev–Trinajstić information content (AvgIpc) is 1.35. The highest BCUT2D eigenvalue weighted by molar-refractivity contribution is 6.41. The molecule has 0 aromatic carbocycles. The molecule has 0 fully saturated rings. The summed E-state index contributed by atoms with van der Waals surface area (Å²) in [4.78, 5) is 0. The lowest BCUT2D eigenvalue weighted by molar-refractivity contribution is 0.389. The summed E-state index contributed by atoms with van der Waals surface area (Å²) in [6.07, 6.45) is -0.181. The molecule has 0 aliphatic heterocycles. The standard InChI is InChI=1S/C2H6BFO2/c4-2-1-3(5)6/h5-6H,1-2H2. The predicted molar refractivity (Wildman–Crippen MR) is 21.0 cm³/mol. The van der Waals surface area contributed by atoms with Gasteiger partial charge in [0.25, 0.3) is 0 Å². The van der Waals surface area contributed by atoms with Gasteiger partial charge in [-0.3, -0.25) is 4.39 Å². The Morgan fingerprint density at radius 1 is 1.50 bits per heavy atom. The Labute approximate surface area is 35.8 Å². The van der Waals surface area contributed by atoms with Gasteiger partial charge in [-0.1, -0.05) is 0 Å². The second-order valence-electron chi connectivity index (χ2n) is 0.958. The maximum absolute atomic E-state index is 10.9. The van der Waals surface area contributed by atoms with E-state index in [1.54, 1.807) is 0 Å². The maximum Gasteiger partial charge on any atom is 0.454 e. The molecule has 0 saturated heterocycles. The van der Waals surface area contributed by atoms with Crippen molar-refractivity contribution in [1.29, 1.82) is 0 Å². The van der Waals surface area contributed by atoms with Crippen molar-refractivity contribution in [3.63, 3.8) is 0 Å². The summed E-state index contributed by atoms with van der Waals surface area (Å²) < 4.78 is 10.9. The highest BCUT2D eigenvalue weighted by Crippen LogP contribution is 1.81. The minimum absolute atomic E-state index is 0.181. The number of alkyl halides is 1. The molecule has 0 amide bonds. The Hall–Kier alpha value is -0.0851. The van der Waals surface area contributed by atoms with Gasteiger partial charge in [0.2, 0.25) is 0 Å². The van der Waals surface area contributed by atoms with Gasteiger partial charge in [0.1, 0.15) is 0 Å². The second-order valence-corrected chi connectivity index (χ2v) is 0.958. The van der Waals surface area contributed by atoms with Gasteiger partial charge >= 0.3 is 7.12 Å². The van der Waals surface area contributed by atoms with E-state index in [2.05, 4.69) is 0 Å². The van der Waals surface area contributed by atoms with Crippen LogP contribution < -0.4 is 0 Å². The molecule has 4 heteroatoms. The van der Waals surface area contributed by atoms with Crippen molar-refractivity contribution in [2.45, 2.75) is 6.32 Å². The third-order valence-corrected chi connectivity index (χ3v) is 0.367. The van der Waals surface area contributed by atoms with Crippen LogP contribution >= 0.6 is 0 Å². The molecule has 0 saturated carbocycles. The minimum atomic E-state index is -1.48. The summed E-state index contributed by atoms with van der Waals surface area (Å²) in [5, 5.41) is 15.7. The van der Waals surface area contributed by atoms with Crippen LogP contribution in [-0.2, 0) is 0 Å². The number of rotatable bonds is 2. The van der Waals surface area contributed by atoms with E-state index in [0.29, 0.717) is 0 Å². The van der Waals surface area contributed by atoms with Crippen molar-refractivity contribution >= 4 is 7.12 Å². The second kappa shape index (κ2) is 3.12. The van der Waals surface area contributed by atoms with Crippen LogP contribution in [0.4, 0.5) is 4.39 Å². The molecule has 2 nitrogen and oxygen atoms in total. The Morgan fingerprint density at radius 3 is 2.00 bits per heavy atom. The minimum Gasteiger partial charge on any atom is -0.427 e. The number of halogens is 1. The van der Waals surface area contributed by atoms with Crippen molar-refractivity contribution in [2.24, 2.45) is 0 Å². The van der Waals surface area contributed by atoms with E-state index in [1.165, 1.54) is 0 Å². The third kappa shape index (κ3) is 3.91. The van der Waals surface area contributed by atoms with Crippen molar-refractivity contribution in [1.82, 2.24) is 0 Å². The first-order valence-corrected chi connectivity index (χ1v) is 1.69. The number of hydrogen-bond acceptors (Lipinski definition) is 2.